The van der Waals surface area contributed by atoms with E-state index in [1.54, 1.807) is 47.4 Å². The molecule has 0 saturated carbocycles. The molecule has 1 aromatic heterocycles. The highest BCUT2D eigenvalue weighted by Gasteiger charge is 2.34. The second kappa shape index (κ2) is 18.1. The first-order valence-corrected chi connectivity index (χ1v) is 16.9. The molecule has 2 heterocycles. The number of fused-ring (bicyclic) bond motifs is 1. The van der Waals surface area contributed by atoms with Crippen molar-refractivity contribution in [1.29, 1.82) is 0 Å². The summed E-state index contributed by atoms with van der Waals surface area (Å²) in [6.07, 6.45) is 1.46. The number of carbonyl (C=O) groups excluding carboxylic acids is 5. The van der Waals surface area contributed by atoms with E-state index in [4.69, 9.17) is 19.5 Å². The van der Waals surface area contributed by atoms with Crippen LogP contribution in [0.2, 0.25) is 0 Å². The van der Waals surface area contributed by atoms with Gasteiger partial charge in [0.1, 0.15) is 0 Å². The Hall–Kier alpha value is -5.55. The highest BCUT2D eigenvalue weighted by atomic mass is 16.5. The largest absolute Gasteiger partial charge is 0.488 e. The summed E-state index contributed by atoms with van der Waals surface area (Å²) in [5, 5.41) is 26.9. The third-order valence-corrected chi connectivity index (χ3v) is 8.51. The van der Waals surface area contributed by atoms with Crippen molar-refractivity contribution in [1.82, 2.24) is 25.4 Å². The molecule has 1 aliphatic rings. The summed E-state index contributed by atoms with van der Waals surface area (Å²) in [5.41, 5.74) is 2.35. The molecule has 52 heavy (non-hydrogen) atoms. The molecule has 0 bridgehead atoms. The molecule has 15 nitrogen and oxygen atoms in total. The smallest absolute Gasteiger partial charge is 0.423 e. The summed E-state index contributed by atoms with van der Waals surface area (Å²) in [6, 6.07) is 19.1. The first-order chi connectivity index (χ1) is 25.1. The number of anilines is 1. The zero-order valence-electron chi connectivity index (χ0n) is 28.7. The van der Waals surface area contributed by atoms with Gasteiger partial charge < -0.3 is 50.3 Å². The summed E-state index contributed by atoms with van der Waals surface area (Å²) in [6.45, 7) is 4.21. The second-order valence-electron chi connectivity index (χ2n) is 12.1. The number of rotatable bonds is 15. The van der Waals surface area contributed by atoms with Gasteiger partial charge in [-0.15, -0.1) is 0 Å². The lowest BCUT2D eigenvalue weighted by molar-refractivity contribution is -0.130. The first-order valence-electron chi connectivity index (χ1n) is 16.9. The fraction of sp³-hybridized carbons (Fsp3) is 0.306. The van der Waals surface area contributed by atoms with Crippen LogP contribution in [0.15, 0.2) is 79.0 Å². The van der Waals surface area contributed by atoms with Gasteiger partial charge in [-0.3, -0.25) is 19.2 Å². The average Bonchev–Trinajstić information content (AvgIpc) is 3.60. The van der Waals surface area contributed by atoms with E-state index in [1.165, 1.54) is 35.4 Å². The number of benzene rings is 3. The van der Waals surface area contributed by atoms with E-state index in [-0.39, 0.29) is 69.5 Å². The SMILES string of the molecule is CC1CN(C(=O)c2ccccc2)CCN1C(=O)C(=O)c1c[nH]c2c(NC(=O)NCCOCCOCCNC(=O)c3ccc(B(O)O)cc3)cccc12. The van der Waals surface area contributed by atoms with E-state index in [0.717, 1.165) is 0 Å². The van der Waals surface area contributed by atoms with E-state index >= 15 is 0 Å². The molecule has 4 aromatic rings. The number of para-hydroxylation sites is 1. The quantitative estimate of drug-likeness (QED) is 0.0450. The van der Waals surface area contributed by atoms with Crippen LogP contribution in [0.5, 0.6) is 0 Å². The van der Waals surface area contributed by atoms with Gasteiger partial charge in [0.25, 0.3) is 23.5 Å². The highest BCUT2D eigenvalue weighted by molar-refractivity contribution is 6.58. The maximum atomic E-state index is 13.4. The molecule has 16 heteroatoms. The van der Waals surface area contributed by atoms with Gasteiger partial charge in [0, 0.05) is 61.5 Å². The maximum absolute atomic E-state index is 13.4. The summed E-state index contributed by atoms with van der Waals surface area (Å²) in [5.74, 6) is -1.76. The molecule has 1 unspecified atom stereocenters. The van der Waals surface area contributed by atoms with Crippen molar-refractivity contribution in [3.8, 4) is 0 Å². The van der Waals surface area contributed by atoms with Gasteiger partial charge in [-0.25, -0.2) is 4.79 Å². The summed E-state index contributed by atoms with van der Waals surface area (Å²) >= 11 is 0. The van der Waals surface area contributed by atoms with Crippen LogP contribution in [-0.2, 0) is 14.3 Å². The zero-order valence-corrected chi connectivity index (χ0v) is 28.7. The van der Waals surface area contributed by atoms with Crippen LogP contribution < -0.4 is 21.4 Å². The topological polar surface area (TPSA) is 203 Å². The third-order valence-electron chi connectivity index (χ3n) is 8.51. The fourth-order valence-corrected chi connectivity index (χ4v) is 5.77. The maximum Gasteiger partial charge on any atom is 0.488 e. The lowest BCUT2D eigenvalue weighted by atomic mass is 9.80. The van der Waals surface area contributed by atoms with Crippen molar-refractivity contribution in [2.24, 2.45) is 0 Å². The number of nitrogens with one attached hydrogen (secondary N) is 4. The Morgan fingerprint density at radius 2 is 1.52 bits per heavy atom. The van der Waals surface area contributed by atoms with E-state index in [0.29, 0.717) is 46.3 Å². The normalized spacial score (nSPS) is 14.2. The monoisotopic (exact) mass is 712 g/mol. The number of amides is 5. The molecule has 0 aliphatic carbocycles. The van der Waals surface area contributed by atoms with E-state index in [2.05, 4.69) is 20.9 Å². The van der Waals surface area contributed by atoms with Crippen LogP contribution in [0.25, 0.3) is 10.9 Å². The molecular weight excluding hydrogens is 671 g/mol. The van der Waals surface area contributed by atoms with E-state index < -0.39 is 24.8 Å². The number of aromatic nitrogens is 1. The number of urea groups is 1. The van der Waals surface area contributed by atoms with Crippen LogP contribution in [0, 0.1) is 0 Å². The Kier molecular flexibility index (Phi) is 13.1. The number of carbonyl (C=O) groups is 5. The minimum atomic E-state index is -1.59. The minimum Gasteiger partial charge on any atom is -0.423 e. The van der Waals surface area contributed by atoms with Gasteiger partial charge in [-0.2, -0.15) is 0 Å². The molecule has 0 spiro atoms. The lowest BCUT2D eigenvalue weighted by Crippen LogP contribution is -2.56. The van der Waals surface area contributed by atoms with Crippen LogP contribution in [0.4, 0.5) is 10.5 Å². The van der Waals surface area contributed by atoms with Gasteiger partial charge in [0.15, 0.2) is 0 Å². The molecule has 5 amide bonds. The molecular formula is C36H41BN6O9. The average molecular weight is 713 g/mol. The molecule has 1 aliphatic heterocycles. The van der Waals surface area contributed by atoms with Gasteiger partial charge in [-0.05, 0) is 42.7 Å². The van der Waals surface area contributed by atoms with Crippen molar-refractivity contribution >= 4 is 58.7 Å². The Morgan fingerprint density at radius 3 is 2.19 bits per heavy atom. The van der Waals surface area contributed by atoms with Gasteiger partial charge in [0.2, 0.25) is 0 Å². The van der Waals surface area contributed by atoms with Gasteiger partial charge in [-0.1, -0.05) is 42.5 Å². The van der Waals surface area contributed by atoms with Crippen LogP contribution >= 0.6 is 0 Å². The lowest BCUT2D eigenvalue weighted by Gasteiger charge is -2.39. The number of nitrogens with zero attached hydrogens (tertiary/aromatic N) is 2. The Bertz CT molecular complexity index is 1870. The van der Waals surface area contributed by atoms with Gasteiger partial charge >= 0.3 is 13.1 Å². The van der Waals surface area contributed by atoms with Crippen molar-refractivity contribution in [3.63, 3.8) is 0 Å². The van der Waals surface area contributed by atoms with Crippen LogP contribution in [0.1, 0.15) is 38.0 Å². The van der Waals surface area contributed by atoms with Gasteiger partial charge in [0.05, 0.1) is 43.2 Å². The van der Waals surface area contributed by atoms with Crippen molar-refractivity contribution < 1.29 is 43.5 Å². The molecule has 1 saturated heterocycles. The molecule has 5 rings (SSSR count). The van der Waals surface area contributed by atoms with E-state index in [1.807, 2.05) is 13.0 Å². The number of hydrogen-bond donors (Lipinski definition) is 6. The molecule has 6 N–H and O–H groups in total. The number of ether oxygens (including phenoxy) is 2. The van der Waals surface area contributed by atoms with Crippen molar-refractivity contribution in [3.05, 3.63) is 95.7 Å². The zero-order chi connectivity index (χ0) is 37.0. The molecule has 272 valence electrons. The number of ketones is 1. The summed E-state index contributed by atoms with van der Waals surface area (Å²) in [4.78, 5) is 70.6. The van der Waals surface area contributed by atoms with Crippen LogP contribution in [0.3, 0.4) is 0 Å². The number of hydrogen-bond acceptors (Lipinski definition) is 9. The molecule has 0 radical (unpaired) electrons. The molecule has 3 aromatic carbocycles. The predicted octanol–water partition coefficient (Wildman–Crippen LogP) is 0.988. The molecule has 1 atom stereocenters. The Labute approximate surface area is 300 Å². The Balaban J connectivity index is 0.996. The number of aromatic amines is 1. The van der Waals surface area contributed by atoms with Crippen molar-refractivity contribution in [2.75, 3.05) is 64.5 Å². The number of piperazine rings is 1. The highest BCUT2D eigenvalue weighted by Crippen LogP contribution is 2.27. The second-order valence-corrected chi connectivity index (χ2v) is 12.1. The third kappa shape index (κ3) is 9.61. The number of H-pyrrole nitrogens is 1. The minimum absolute atomic E-state index is 0.117. The predicted molar refractivity (Wildman–Crippen MR) is 193 cm³/mol. The first kappa shape index (κ1) is 37.7. The Morgan fingerprint density at radius 1 is 0.827 bits per heavy atom. The molecule has 1 fully saturated rings. The summed E-state index contributed by atoms with van der Waals surface area (Å²) in [7, 11) is -1.59. The van der Waals surface area contributed by atoms with E-state index in [9.17, 15) is 24.0 Å². The van der Waals surface area contributed by atoms with Crippen LogP contribution in [-0.4, -0.2) is 127 Å². The summed E-state index contributed by atoms with van der Waals surface area (Å²) < 4.78 is 10.9. The standard InChI is InChI=1S/C36H41BN6O9/c1-24-23-42(34(46)26-6-3-2-4-7-26)16-17-43(24)35(47)32(44)29-22-40-31-28(29)8-5-9-30(31)41-36(48)39-15-19-52-21-20-51-18-14-38-33(45)25-10-12-27(13-11-25)37(49)50/h2-13,22,24,40,49-50H,14-21,23H2,1H3,(H,38,45)(H2,39,41,48). The number of Topliss-reactive ketones (excluding diaryl/α,β-unsaturated/α-hetero) is 1. The fourth-order valence-electron chi connectivity index (χ4n) is 5.77. The van der Waals surface area contributed by atoms with Crippen molar-refractivity contribution in [2.45, 2.75) is 13.0 Å².